The Morgan fingerprint density at radius 3 is 3.00 bits per heavy atom. The third-order valence-corrected chi connectivity index (χ3v) is 4.46. The fourth-order valence-electron chi connectivity index (χ4n) is 3.11. The van der Waals surface area contributed by atoms with E-state index in [2.05, 4.69) is 16.9 Å². The molecule has 118 valence electrons. The molecule has 1 aromatic carbocycles. The Kier molecular flexibility index (Phi) is 4.81. The van der Waals surface area contributed by atoms with Crippen molar-refractivity contribution in [1.29, 1.82) is 0 Å². The van der Waals surface area contributed by atoms with Gasteiger partial charge in [0, 0.05) is 23.7 Å². The van der Waals surface area contributed by atoms with Crippen LogP contribution in [0, 0.1) is 5.92 Å². The van der Waals surface area contributed by atoms with Crippen LogP contribution in [0.1, 0.15) is 25.0 Å². The molecule has 1 aliphatic rings. The highest BCUT2D eigenvalue weighted by Crippen LogP contribution is 2.27. The van der Waals surface area contributed by atoms with Crippen LogP contribution >= 0.6 is 11.6 Å². The van der Waals surface area contributed by atoms with E-state index in [-0.39, 0.29) is 6.10 Å². The van der Waals surface area contributed by atoms with Crippen molar-refractivity contribution < 1.29 is 9.52 Å². The number of halogens is 1. The molecule has 4 nitrogen and oxygen atoms in total. The lowest BCUT2D eigenvalue weighted by Crippen LogP contribution is -2.29. The van der Waals surface area contributed by atoms with Crippen molar-refractivity contribution in [2.75, 3.05) is 13.6 Å². The summed E-state index contributed by atoms with van der Waals surface area (Å²) in [5.74, 6) is 0.969. The number of rotatable bonds is 5. The van der Waals surface area contributed by atoms with Crippen LogP contribution in [0.15, 0.2) is 34.9 Å². The predicted molar refractivity (Wildman–Crippen MR) is 86.6 cm³/mol. The van der Waals surface area contributed by atoms with Crippen molar-refractivity contribution in [3.63, 3.8) is 0 Å². The number of hydrogen-bond acceptors (Lipinski definition) is 4. The van der Waals surface area contributed by atoms with Gasteiger partial charge in [0.15, 0.2) is 0 Å². The van der Waals surface area contributed by atoms with E-state index in [0.717, 1.165) is 37.1 Å². The van der Waals surface area contributed by atoms with Crippen LogP contribution in [0.4, 0.5) is 0 Å². The number of aliphatic hydroxyl groups is 1. The average Bonchev–Trinajstić information content (AvgIpc) is 3.09. The Morgan fingerprint density at radius 2 is 2.27 bits per heavy atom. The zero-order valence-electron chi connectivity index (χ0n) is 12.7. The zero-order chi connectivity index (χ0) is 15.5. The largest absolute Gasteiger partial charge is 0.444 e. The summed E-state index contributed by atoms with van der Waals surface area (Å²) < 4.78 is 5.55. The van der Waals surface area contributed by atoms with E-state index in [9.17, 15) is 5.11 Å². The highest BCUT2D eigenvalue weighted by atomic mass is 35.5. The standard InChI is InChI=1S/C17H21ClN2O2/c1-20(9-13-5-3-7-16(13)21)10-15-11-22-17(19-15)12-4-2-6-14(18)8-12/h2,4,6,8,11,13,16,21H,3,5,7,9-10H2,1H3. The van der Waals surface area contributed by atoms with E-state index >= 15 is 0 Å². The number of aromatic nitrogens is 1. The van der Waals surface area contributed by atoms with Gasteiger partial charge in [0.1, 0.15) is 6.26 Å². The molecule has 1 fully saturated rings. The molecule has 1 aliphatic carbocycles. The van der Waals surface area contributed by atoms with Crippen LogP contribution in [-0.2, 0) is 6.54 Å². The minimum atomic E-state index is -0.151. The van der Waals surface area contributed by atoms with Gasteiger partial charge < -0.3 is 14.4 Å². The summed E-state index contributed by atoms with van der Waals surface area (Å²) in [5, 5.41) is 10.6. The van der Waals surface area contributed by atoms with Gasteiger partial charge in [-0.1, -0.05) is 24.1 Å². The molecule has 0 amide bonds. The first kappa shape index (κ1) is 15.5. The van der Waals surface area contributed by atoms with Crippen molar-refractivity contribution in [2.24, 2.45) is 5.92 Å². The number of hydrogen-bond donors (Lipinski definition) is 1. The summed E-state index contributed by atoms with van der Waals surface area (Å²) in [6.45, 7) is 1.60. The Morgan fingerprint density at radius 1 is 1.41 bits per heavy atom. The smallest absolute Gasteiger partial charge is 0.226 e. The predicted octanol–water partition coefficient (Wildman–Crippen LogP) is 3.59. The number of nitrogens with zero attached hydrogens (tertiary/aromatic N) is 2. The molecular formula is C17H21ClN2O2. The molecular weight excluding hydrogens is 300 g/mol. The molecule has 1 saturated carbocycles. The van der Waals surface area contributed by atoms with Gasteiger partial charge in [-0.05, 0) is 44.0 Å². The number of oxazole rings is 1. The van der Waals surface area contributed by atoms with Gasteiger partial charge in [-0.2, -0.15) is 0 Å². The maximum Gasteiger partial charge on any atom is 0.226 e. The van der Waals surface area contributed by atoms with E-state index in [4.69, 9.17) is 16.0 Å². The lowest BCUT2D eigenvalue weighted by Gasteiger charge is -2.22. The van der Waals surface area contributed by atoms with E-state index in [1.807, 2.05) is 24.3 Å². The van der Waals surface area contributed by atoms with Crippen molar-refractivity contribution in [2.45, 2.75) is 31.9 Å². The Hall–Kier alpha value is -1.36. The molecule has 1 aromatic heterocycles. The van der Waals surface area contributed by atoms with Crippen molar-refractivity contribution in [3.05, 3.63) is 41.2 Å². The molecule has 2 atom stereocenters. The summed E-state index contributed by atoms with van der Waals surface area (Å²) >= 11 is 5.99. The Bertz CT molecular complexity index is 629. The van der Waals surface area contributed by atoms with Crippen molar-refractivity contribution in [3.8, 4) is 11.5 Å². The molecule has 0 saturated heterocycles. The highest BCUT2D eigenvalue weighted by molar-refractivity contribution is 6.30. The summed E-state index contributed by atoms with van der Waals surface area (Å²) in [7, 11) is 2.05. The SMILES string of the molecule is CN(Cc1coc(-c2cccc(Cl)c2)n1)CC1CCCC1O. The van der Waals surface area contributed by atoms with Crippen LogP contribution in [0.3, 0.4) is 0 Å². The van der Waals surface area contributed by atoms with Gasteiger partial charge in [-0.25, -0.2) is 4.98 Å². The third kappa shape index (κ3) is 3.69. The second-order valence-corrected chi connectivity index (χ2v) is 6.55. The van der Waals surface area contributed by atoms with Gasteiger partial charge in [0.2, 0.25) is 5.89 Å². The van der Waals surface area contributed by atoms with E-state index < -0.39 is 0 Å². The third-order valence-electron chi connectivity index (χ3n) is 4.22. The fourth-order valence-corrected chi connectivity index (χ4v) is 3.30. The first-order valence-corrected chi connectivity index (χ1v) is 8.06. The summed E-state index contributed by atoms with van der Waals surface area (Å²) in [4.78, 5) is 6.72. The van der Waals surface area contributed by atoms with E-state index in [1.165, 1.54) is 0 Å². The molecule has 22 heavy (non-hydrogen) atoms. The lowest BCUT2D eigenvalue weighted by molar-refractivity contribution is 0.107. The summed E-state index contributed by atoms with van der Waals surface area (Å²) in [5.41, 5.74) is 1.78. The molecule has 5 heteroatoms. The second kappa shape index (κ2) is 6.82. The normalized spacial score (nSPS) is 21.6. The number of aliphatic hydroxyl groups excluding tert-OH is 1. The maximum atomic E-state index is 9.91. The van der Waals surface area contributed by atoms with E-state index in [0.29, 0.717) is 23.4 Å². The van der Waals surface area contributed by atoms with E-state index in [1.54, 1.807) is 6.26 Å². The monoisotopic (exact) mass is 320 g/mol. The fraction of sp³-hybridized carbons (Fsp3) is 0.471. The van der Waals surface area contributed by atoms with Gasteiger partial charge in [-0.3, -0.25) is 0 Å². The molecule has 0 radical (unpaired) electrons. The Labute approximate surface area is 135 Å². The summed E-state index contributed by atoms with van der Waals surface area (Å²) in [6.07, 6.45) is 4.71. The van der Waals surface area contributed by atoms with Gasteiger partial charge in [0.25, 0.3) is 0 Å². The van der Waals surface area contributed by atoms with Crippen LogP contribution in [0.5, 0.6) is 0 Å². The van der Waals surface area contributed by atoms with Crippen molar-refractivity contribution in [1.82, 2.24) is 9.88 Å². The molecule has 2 aromatic rings. The molecule has 1 N–H and O–H groups in total. The summed E-state index contributed by atoms with van der Waals surface area (Å²) in [6, 6.07) is 7.49. The zero-order valence-corrected chi connectivity index (χ0v) is 13.5. The quantitative estimate of drug-likeness (QED) is 0.914. The molecule has 0 spiro atoms. The maximum absolute atomic E-state index is 9.91. The molecule has 1 heterocycles. The molecule has 0 bridgehead atoms. The Balaban J connectivity index is 1.61. The van der Waals surface area contributed by atoms with Crippen LogP contribution < -0.4 is 0 Å². The minimum absolute atomic E-state index is 0.151. The highest BCUT2D eigenvalue weighted by Gasteiger charge is 2.26. The topological polar surface area (TPSA) is 49.5 Å². The number of benzene rings is 1. The lowest BCUT2D eigenvalue weighted by atomic mass is 10.1. The van der Waals surface area contributed by atoms with Gasteiger partial charge >= 0.3 is 0 Å². The average molecular weight is 321 g/mol. The van der Waals surface area contributed by atoms with Gasteiger partial charge in [0.05, 0.1) is 11.8 Å². The van der Waals surface area contributed by atoms with Gasteiger partial charge in [-0.15, -0.1) is 0 Å². The van der Waals surface area contributed by atoms with Crippen molar-refractivity contribution >= 4 is 11.6 Å². The molecule has 2 unspecified atom stereocenters. The second-order valence-electron chi connectivity index (χ2n) is 6.11. The first-order chi connectivity index (χ1) is 10.6. The van der Waals surface area contributed by atoms with Crippen LogP contribution in [0.2, 0.25) is 5.02 Å². The molecule has 0 aliphatic heterocycles. The van der Waals surface area contributed by atoms with Crippen LogP contribution in [-0.4, -0.2) is 34.7 Å². The molecule has 3 rings (SSSR count). The first-order valence-electron chi connectivity index (χ1n) is 7.69. The van der Waals surface area contributed by atoms with Crippen LogP contribution in [0.25, 0.3) is 11.5 Å². The minimum Gasteiger partial charge on any atom is -0.444 e.